The van der Waals surface area contributed by atoms with E-state index in [1.54, 1.807) is 0 Å². The van der Waals surface area contributed by atoms with Gasteiger partial charge in [0.2, 0.25) is 0 Å². The van der Waals surface area contributed by atoms with Crippen LogP contribution in [0.2, 0.25) is 0 Å². The van der Waals surface area contributed by atoms with Gasteiger partial charge in [-0.05, 0) is 111 Å². The summed E-state index contributed by atoms with van der Waals surface area (Å²) in [6, 6.07) is 22.3. The Labute approximate surface area is 208 Å². The molecular weight excluding hydrogens is 426 g/mol. The number of hydrogen-bond donors (Lipinski definition) is 3. The molecule has 0 aliphatic heterocycles. The zero-order chi connectivity index (χ0) is 24.7. The molecule has 0 fully saturated rings. The molecular formula is C32H35N3. The summed E-state index contributed by atoms with van der Waals surface area (Å²) in [5.41, 5.74) is 15.4. The first-order chi connectivity index (χ1) is 16.8. The van der Waals surface area contributed by atoms with Gasteiger partial charge in [-0.1, -0.05) is 35.4 Å². The van der Waals surface area contributed by atoms with E-state index in [2.05, 4.69) is 117 Å². The zero-order valence-electron chi connectivity index (χ0n) is 21.6. The molecule has 0 aliphatic carbocycles. The Morgan fingerprint density at radius 2 is 0.857 bits per heavy atom. The Hall–Kier alpha value is -3.72. The van der Waals surface area contributed by atoms with Crippen molar-refractivity contribution in [1.82, 2.24) is 15.0 Å². The smallest absolute Gasteiger partial charge is 0.0646 e. The predicted molar refractivity (Wildman–Crippen MR) is 146 cm³/mol. The van der Waals surface area contributed by atoms with Crippen LogP contribution in [0.1, 0.15) is 79.1 Å². The Kier molecular flexibility index (Phi) is 6.02. The largest absolute Gasteiger partial charge is 0.364 e. The molecule has 2 atom stereocenters. The third-order valence-electron chi connectivity index (χ3n) is 7.27. The Morgan fingerprint density at radius 1 is 0.486 bits per heavy atom. The zero-order valence-corrected chi connectivity index (χ0v) is 21.6. The van der Waals surface area contributed by atoms with E-state index in [4.69, 9.17) is 0 Å². The SMILES string of the molecule is Cc1cc(C)c(C(c2ccc[nH]2)c2ccc(C(c3ccc[nH]3)c3c(C)cc(C)cc3C)[nH]2)c(C)c1. The fourth-order valence-electron chi connectivity index (χ4n) is 6.06. The van der Waals surface area contributed by atoms with Crippen LogP contribution in [0, 0.1) is 41.5 Å². The second-order valence-corrected chi connectivity index (χ2v) is 10.1. The number of aromatic nitrogens is 3. The summed E-state index contributed by atoms with van der Waals surface area (Å²) < 4.78 is 0. The first-order valence-corrected chi connectivity index (χ1v) is 12.4. The van der Waals surface area contributed by atoms with Crippen molar-refractivity contribution in [2.24, 2.45) is 0 Å². The molecule has 0 aliphatic rings. The maximum Gasteiger partial charge on any atom is 0.0646 e. The van der Waals surface area contributed by atoms with Gasteiger partial charge in [0.1, 0.15) is 0 Å². The molecule has 3 heterocycles. The molecule has 3 heteroatoms. The summed E-state index contributed by atoms with van der Waals surface area (Å²) in [6.45, 7) is 13.3. The third-order valence-corrected chi connectivity index (χ3v) is 7.27. The van der Waals surface area contributed by atoms with E-state index in [-0.39, 0.29) is 11.8 Å². The van der Waals surface area contributed by atoms with Gasteiger partial charge in [0, 0.05) is 35.2 Å². The average molecular weight is 462 g/mol. The molecule has 0 amide bonds. The minimum absolute atomic E-state index is 0.115. The predicted octanol–water partition coefficient (Wildman–Crippen LogP) is 7.88. The van der Waals surface area contributed by atoms with E-state index in [1.165, 1.54) is 67.3 Å². The molecule has 5 aromatic rings. The number of rotatable bonds is 6. The van der Waals surface area contributed by atoms with E-state index in [0.717, 1.165) is 0 Å². The van der Waals surface area contributed by atoms with Gasteiger partial charge in [0.25, 0.3) is 0 Å². The molecule has 0 spiro atoms. The Bertz CT molecular complexity index is 1290. The molecule has 35 heavy (non-hydrogen) atoms. The third kappa shape index (κ3) is 4.27. The van der Waals surface area contributed by atoms with Crippen LogP contribution in [-0.4, -0.2) is 15.0 Å². The van der Waals surface area contributed by atoms with Crippen molar-refractivity contribution in [3.8, 4) is 0 Å². The van der Waals surface area contributed by atoms with Crippen LogP contribution in [0.25, 0.3) is 0 Å². The summed E-state index contributed by atoms with van der Waals surface area (Å²) in [5.74, 6) is 0.229. The van der Waals surface area contributed by atoms with Crippen LogP contribution < -0.4 is 0 Å². The highest BCUT2D eigenvalue weighted by Gasteiger charge is 2.27. The molecule has 2 aromatic carbocycles. The lowest BCUT2D eigenvalue weighted by Gasteiger charge is -2.23. The summed E-state index contributed by atoms with van der Waals surface area (Å²) in [5, 5.41) is 0. The Balaban J connectivity index is 1.68. The lowest BCUT2D eigenvalue weighted by atomic mass is 9.85. The highest BCUT2D eigenvalue weighted by Crippen LogP contribution is 2.39. The first kappa shape index (κ1) is 23.0. The molecule has 3 aromatic heterocycles. The number of benzene rings is 2. The quantitative estimate of drug-likeness (QED) is 0.230. The van der Waals surface area contributed by atoms with E-state index < -0.39 is 0 Å². The van der Waals surface area contributed by atoms with Gasteiger partial charge >= 0.3 is 0 Å². The molecule has 5 rings (SSSR count). The monoisotopic (exact) mass is 461 g/mol. The second-order valence-electron chi connectivity index (χ2n) is 10.1. The highest BCUT2D eigenvalue weighted by molar-refractivity contribution is 5.51. The topological polar surface area (TPSA) is 47.4 Å². The number of H-pyrrole nitrogens is 3. The number of aryl methyl sites for hydroxylation is 6. The van der Waals surface area contributed by atoms with E-state index in [1.807, 2.05) is 12.4 Å². The molecule has 2 unspecified atom stereocenters. The van der Waals surface area contributed by atoms with E-state index in [9.17, 15) is 0 Å². The van der Waals surface area contributed by atoms with Crippen LogP contribution in [-0.2, 0) is 0 Å². The maximum absolute atomic E-state index is 3.89. The lowest BCUT2D eigenvalue weighted by molar-refractivity contribution is 0.835. The van der Waals surface area contributed by atoms with Gasteiger partial charge in [-0.25, -0.2) is 0 Å². The van der Waals surface area contributed by atoms with Crippen LogP contribution >= 0.6 is 0 Å². The lowest BCUT2D eigenvalue weighted by Crippen LogP contribution is -2.11. The van der Waals surface area contributed by atoms with Gasteiger partial charge in [-0.3, -0.25) is 0 Å². The van der Waals surface area contributed by atoms with Crippen molar-refractivity contribution >= 4 is 0 Å². The molecule has 3 nitrogen and oxygen atoms in total. The molecule has 0 saturated carbocycles. The van der Waals surface area contributed by atoms with Crippen molar-refractivity contribution in [1.29, 1.82) is 0 Å². The second kappa shape index (κ2) is 9.14. The Morgan fingerprint density at radius 3 is 1.17 bits per heavy atom. The molecule has 3 N–H and O–H groups in total. The average Bonchev–Trinajstić information content (AvgIpc) is 3.56. The highest BCUT2D eigenvalue weighted by atomic mass is 14.8. The van der Waals surface area contributed by atoms with E-state index in [0.29, 0.717) is 0 Å². The number of nitrogens with one attached hydrogen (secondary N) is 3. The van der Waals surface area contributed by atoms with Crippen LogP contribution in [0.4, 0.5) is 0 Å². The fourth-order valence-corrected chi connectivity index (χ4v) is 6.06. The van der Waals surface area contributed by atoms with E-state index >= 15 is 0 Å². The summed E-state index contributed by atoms with van der Waals surface area (Å²) in [6.07, 6.45) is 4.04. The first-order valence-electron chi connectivity index (χ1n) is 12.4. The molecule has 178 valence electrons. The fraction of sp³-hybridized carbons (Fsp3) is 0.250. The van der Waals surface area contributed by atoms with Crippen molar-refractivity contribution in [2.45, 2.75) is 53.4 Å². The van der Waals surface area contributed by atoms with Crippen molar-refractivity contribution in [3.05, 3.63) is 140 Å². The molecule has 0 bridgehead atoms. The normalized spacial score (nSPS) is 13.2. The van der Waals surface area contributed by atoms with Gasteiger partial charge in [0.05, 0.1) is 11.8 Å². The number of aromatic amines is 3. The van der Waals surface area contributed by atoms with Crippen molar-refractivity contribution in [2.75, 3.05) is 0 Å². The number of hydrogen-bond acceptors (Lipinski definition) is 0. The van der Waals surface area contributed by atoms with Gasteiger partial charge in [0.15, 0.2) is 0 Å². The van der Waals surface area contributed by atoms with Crippen molar-refractivity contribution in [3.63, 3.8) is 0 Å². The summed E-state index contributed by atoms with van der Waals surface area (Å²) >= 11 is 0. The van der Waals surface area contributed by atoms with Crippen molar-refractivity contribution < 1.29 is 0 Å². The van der Waals surface area contributed by atoms with Gasteiger partial charge < -0.3 is 15.0 Å². The van der Waals surface area contributed by atoms with Gasteiger partial charge in [-0.15, -0.1) is 0 Å². The maximum atomic E-state index is 3.89. The minimum atomic E-state index is 0.115. The minimum Gasteiger partial charge on any atom is -0.364 e. The summed E-state index contributed by atoms with van der Waals surface area (Å²) in [4.78, 5) is 10.9. The molecule has 0 radical (unpaired) electrons. The molecule has 0 saturated heterocycles. The standard InChI is InChI=1S/C32H35N3/c1-19-15-21(3)29(22(4)16-19)31(25-9-7-13-33-25)27-11-12-28(35-27)32(26-10-8-14-34-26)30-23(5)17-20(2)18-24(30)6/h7-18,31-35H,1-6H3. The van der Waals surface area contributed by atoms with Crippen LogP contribution in [0.3, 0.4) is 0 Å². The summed E-state index contributed by atoms with van der Waals surface area (Å²) in [7, 11) is 0. The van der Waals surface area contributed by atoms with Crippen LogP contribution in [0.15, 0.2) is 73.1 Å². The van der Waals surface area contributed by atoms with Crippen LogP contribution in [0.5, 0.6) is 0 Å². The van der Waals surface area contributed by atoms with Gasteiger partial charge in [-0.2, -0.15) is 0 Å².